The fourth-order valence-corrected chi connectivity index (χ4v) is 1.35. The molecule has 0 atom stereocenters. The molecule has 0 saturated heterocycles. The van der Waals surface area contributed by atoms with Gasteiger partial charge in [-0.15, -0.1) is 0 Å². The maximum Gasteiger partial charge on any atom is 0.335 e. The van der Waals surface area contributed by atoms with Gasteiger partial charge in [-0.25, -0.2) is 4.79 Å². The SMILES string of the molecule is C=C(CNc1ccc(OCC)cc1)C(=O)OCC. The van der Waals surface area contributed by atoms with Crippen molar-refractivity contribution in [3.05, 3.63) is 36.4 Å². The van der Waals surface area contributed by atoms with Crippen molar-refractivity contribution in [2.24, 2.45) is 0 Å². The fraction of sp³-hybridized carbons (Fsp3) is 0.357. The highest BCUT2D eigenvalue weighted by Gasteiger charge is 2.06. The lowest BCUT2D eigenvalue weighted by atomic mass is 10.2. The molecule has 0 aliphatic heterocycles. The van der Waals surface area contributed by atoms with Crippen LogP contribution in [0, 0.1) is 0 Å². The first-order valence-electron chi connectivity index (χ1n) is 5.99. The average molecular weight is 249 g/mol. The first kappa shape index (κ1) is 14.1. The fourth-order valence-electron chi connectivity index (χ4n) is 1.35. The molecule has 98 valence electrons. The van der Waals surface area contributed by atoms with Crippen LogP contribution in [0.15, 0.2) is 36.4 Å². The second-order valence-corrected chi connectivity index (χ2v) is 3.63. The van der Waals surface area contributed by atoms with Gasteiger partial charge in [0.25, 0.3) is 0 Å². The summed E-state index contributed by atoms with van der Waals surface area (Å²) >= 11 is 0. The van der Waals surface area contributed by atoms with Gasteiger partial charge >= 0.3 is 5.97 Å². The van der Waals surface area contributed by atoms with E-state index in [-0.39, 0.29) is 5.97 Å². The Bertz CT molecular complexity index is 398. The number of anilines is 1. The molecular weight excluding hydrogens is 230 g/mol. The van der Waals surface area contributed by atoms with Crippen molar-refractivity contribution in [2.75, 3.05) is 25.1 Å². The quantitative estimate of drug-likeness (QED) is 0.596. The number of hydrogen-bond acceptors (Lipinski definition) is 4. The molecule has 0 radical (unpaired) electrons. The number of carbonyl (C=O) groups is 1. The third-order valence-corrected chi connectivity index (χ3v) is 2.24. The summed E-state index contributed by atoms with van der Waals surface area (Å²) in [6, 6.07) is 7.53. The number of benzene rings is 1. The van der Waals surface area contributed by atoms with E-state index in [9.17, 15) is 4.79 Å². The molecule has 1 aromatic carbocycles. The van der Waals surface area contributed by atoms with E-state index in [0.29, 0.717) is 25.3 Å². The largest absolute Gasteiger partial charge is 0.494 e. The molecule has 1 rings (SSSR count). The molecule has 0 heterocycles. The molecule has 18 heavy (non-hydrogen) atoms. The summed E-state index contributed by atoms with van der Waals surface area (Å²) < 4.78 is 10.2. The number of rotatable bonds is 7. The van der Waals surface area contributed by atoms with Crippen LogP contribution in [-0.2, 0) is 9.53 Å². The summed E-state index contributed by atoms with van der Waals surface area (Å²) in [5, 5.41) is 3.10. The lowest BCUT2D eigenvalue weighted by Gasteiger charge is -2.09. The Labute approximate surface area is 108 Å². The van der Waals surface area contributed by atoms with Gasteiger partial charge in [-0.05, 0) is 38.1 Å². The van der Waals surface area contributed by atoms with Crippen LogP contribution in [0.3, 0.4) is 0 Å². The van der Waals surface area contributed by atoms with E-state index in [2.05, 4.69) is 11.9 Å². The topological polar surface area (TPSA) is 47.6 Å². The third kappa shape index (κ3) is 4.49. The Morgan fingerprint density at radius 1 is 1.22 bits per heavy atom. The number of ether oxygens (including phenoxy) is 2. The number of esters is 1. The molecule has 0 unspecified atom stereocenters. The second-order valence-electron chi connectivity index (χ2n) is 3.63. The number of hydrogen-bond donors (Lipinski definition) is 1. The Balaban J connectivity index is 2.43. The lowest BCUT2D eigenvalue weighted by Crippen LogP contribution is -2.14. The van der Waals surface area contributed by atoms with Crippen molar-refractivity contribution < 1.29 is 14.3 Å². The van der Waals surface area contributed by atoms with E-state index >= 15 is 0 Å². The average Bonchev–Trinajstić information content (AvgIpc) is 2.38. The molecule has 4 heteroatoms. The Kier molecular flexibility index (Phi) is 5.77. The van der Waals surface area contributed by atoms with E-state index in [4.69, 9.17) is 9.47 Å². The molecule has 0 aromatic heterocycles. The summed E-state index contributed by atoms with van der Waals surface area (Å²) in [5.74, 6) is 0.461. The summed E-state index contributed by atoms with van der Waals surface area (Å²) in [6.07, 6.45) is 0. The second kappa shape index (κ2) is 7.37. The Morgan fingerprint density at radius 2 is 1.89 bits per heavy atom. The van der Waals surface area contributed by atoms with Crippen LogP contribution in [0.25, 0.3) is 0 Å². The van der Waals surface area contributed by atoms with E-state index in [1.807, 2.05) is 31.2 Å². The minimum absolute atomic E-state index is 0.362. The van der Waals surface area contributed by atoms with Crippen molar-refractivity contribution in [3.63, 3.8) is 0 Å². The van der Waals surface area contributed by atoms with Crippen molar-refractivity contribution >= 4 is 11.7 Å². The molecule has 1 N–H and O–H groups in total. The molecule has 0 aliphatic rings. The van der Waals surface area contributed by atoms with Gasteiger partial charge < -0.3 is 14.8 Å². The summed E-state index contributed by atoms with van der Waals surface area (Å²) in [5.41, 5.74) is 1.31. The first-order valence-corrected chi connectivity index (χ1v) is 5.99. The van der Waals surface area contributed by atoms with Gasteiger partial charge in [0.1, 0.15) is 5.75 Å². The summed E-state index contributed by atoms with van der Waals surface area (Å²) in [6.45, 7) is 8.76. The minimum Gasteiger partial charge on any atom is -0.494 e. The van der Waals surface area contributed by atoms with E-state index in [0.717, 1.165) is 11.4 Å². The first-order chi connectivity index (χ1) is 8.67. The maximum atomic E-state index is 11.3. The smallest absolute Gasteiger partial charge is 0.335 e. The monoisotopic (exact) mass is 249 g/mol. The predicted molar refractivity (Wildman–Crippen MR) is 71.9 cm³/mol. The third-order valence-electron chi connectivity index (χ3n) is 2.24. The van der Waals surface area contributed by atoms with Gasteiger partial charge in [-0.3, -0.25) is 0 Å². The van der Waals surface area contributed by atoms with Gasteiger partial charge in [0.05, 0.1) is 13.2 Å². The molecule has 0 spiro atoms. The predicted octanol–water partition coefficient (Wildman–Crippen LogP) is 2.62. The lowest BCUT2D eigenvalue weighted by molar-refractivity contribution is -0.138. The van der Waals surface area contributed by atoms with Gasteiger partial charge in [-0.1, -0.05) is 6.58 Å². The van der Waals surface area contributed by atoms with E-state index < -0.39 is 0 Å². The molecule has 0 fully saturated rings. The van der Waals surface area contributed by atoms with Gasteiger partial charge in [-0.2, -0.15) is 0 Å². The molecule has 0 saturated carbocycles. The van der Waals surface area contributed by atoms with Gasteiger partial charge in [0.15, 0.2) is 0 Å². The number of carbonyl (C=O) groups excluding carboxylic acids is 1. The normalized spacial score (nSPS) is 9.67. The zero-order chi connectivity index (χ0) is 13.4. The minimum atomic E-state index is -0.365. The zero-order valence-electron chi connectivity index (χ0n) is 10.9. The summed E-state index contributed by atoms with van der Waals surface area (Å²) in [4.78, 5) is 11.3. The molecule has 0 bridgehead atoms. The molecular formula is C14H19NO3. The Morgan fingerprint density at radius 3 is 2.44 bits per heavy atom. The molecule has 4 nitrogen and oxygen atoms in total. The zero-order valence-corrected chi connectivity index (χ0v) is 10.9. The molecule has 0 amide bonds. The van der Waals surface area contributed by atoms with E-state index in [1.54, 1.807) is 6.92 Å². The van der Waals surface area contributed by atoms with Crippen LogP contribution in [0.4, 0.5) is 5.69 Å². The van der Waals surface area contributed by atoms with E-state index in [1.165, 1.54) is 0 Å². The van der Waals surface area contributed by atoms with Crippen molar-refractivity contribution in [3.8, 4) is 5.75 Å². The van der Waals surface area contributed by atoms with Crippen molar-refractivity contribution in [1.82, 2.24) is 0 Å². The van der Waals surface area contributed by atoms with Crippen molar-refractivity contribution in [1.29, 1.82) is 0 Å². The van der Waals surface area contributed by atoms with Gasteiger partial charge in [0.2, 0.25) is 0 Å². The standard InChI is InChI=1S/C14H19NO3/c1-4-17-13-8-6-12(7-9-13)15-10-11(3)14(16)18-5-2/h6-9,15H,3-5,10H2,1-2H3. The van der Waals surface area contributed by atoms with Crippen molar-refractivity contribution in [2.45, 2.75) is 13.8 Å². The van der Waals surface area contributed by atoms with Crippen LogP contribution in [0.1, 0.15) is 13.8 Å². The van der Waals surface area contributed by atoms with Crippen LogP contribution < -0.4 is 10.1 Å². The number of nitrogens with one attached hydrogen (secondary N) is 1. The highest BCUT2D eigenvalue weighted by Crippen LogP contribution is 2.15. The highest BCUT2D eigenvalue weighted by atomic mass is 16.5. The molecule has 1 aromatic rings. The maximum absolute atomic E-state index is 11.3. The van der Waals surface area contributed by atoms with Crippen LogP contribution in [0.2, 0.25) is 0 Å². The van der Waals surface area contributed by atoms with Gasteiger partial charge in [0, 0.05) is 17.8 Å². The van der Waals surface area contributed by atoms with Crippen LogP contribution in [0.5, 0.6) is 5.75 Å². The highest BCUT2D eigenvalue weighted by molar-refractivity contribution is 5.88. The molecule has 0 aliphatic carbocycles. The summed E-state index contributed by atoms with van der Waals surface area (Å²) in [7, 11) is 0. The Hall–Kier alpha value is -1.97. The van der Waals surface area contributed by atoms with Crippen LogP contribution >= 0.6 is 0 Å². The van der Waals surface area contributed by atoms with Crippen LogP contribution in [-0.4, -0.2) is 25.7 Å².